The molecule has 0 aliphatic carbocycles. The minimum atomic E-state index is -3.08. The second-order valence-electron chi connectivity index (χ2n) is 2.25. The average Bonchev–Trinajstić information content (AvgIpc) is 1.96. The van der Waals surface area contributed by atoms with Gasteiger partial charge in [-0.15, -0.1) is 0 Å². The maximum Gasteiger partial charge on any atom is 0.283 e. The highest BCUT2D eigenvalue weighted by molar-refractivity contribution is 5.15. The Morgan fingerprint density at radius 1 is 1.33 bits per heavy atom. The zero-order chi connectivity index (χ0) is 9.30. The van der Waals surface area contributed by atoms with Gasteiger partial charge in [-0.3, -0.25) is 0 Å². The number of hydrogen-bond acceptors (Lipinski definition) is 1. The molecule has 0 spiro atoms. The van der Waals surface area contributed by atoms with E-state index in [1.807, 2.05) is 0 Å². The summed E-state index contributed by atoms with van der Waals surface area (Å²) in [6.45, 7) is 1.31. The lowest BCUT2D eigenvalue weighted by Crippen LogP contribution is -2.00. The Labute approximate surface area is 66.0 Å². The maximum atomic E-state index is 12.5. The van der Waals surface area contributed by atoms with E-state index in [4.69, 9.17) is 0 Å². The summed E-state index contributed by atoms with van der Waals surface area (Å²) in [6, 6.07) is 0.765. The highest BCUT2D eigenvalue weighted by Gasteiger charge is 2.19. The quantitative estimate of drug-likeness (QED) is 0.604. The number of halogens is 4. The van der Waals surface area contributed by atoms with Crippen LogP contribution in [0, 0.1) is 18.6 Å². The third kappa shape index (κ3) is 1.54. The molecular formula is C7H5F4N. The molecule has 0 radical (unpaired) electrons. The third-order valence-electron chi connectivity index (χ3n) is 1.27. The predicted molar refractivity (Wildman–Crippen MR) is 33.8 cm³/mol. The topological polar surface area (TPSA) is 12.9 Å². The lowest BCUT2D eigenvalue weighted by atomic mass is 10.3. The van der Waals surface area contributed by atoms with Crippen molar-refractivity contribution in [1.82, 2.24) is 4.98 Å². The molecule has 1 nitrogen and oxygen atoms in total. The van der Waals surface area contributed by atoms with Crippen molar-refractivity contribution in [1.29, 1.82) is 0 Å². The Morgan fingerprint density at radius 3 is 2.42 bits per heavy atom. The standard InChI is InChI=1S/C7H5F4N/c1-3-2-4(8)5(9)6(12-3)7(10)11/h2,7H,1H3. The molecular weight excluding hydrogens is 174 g/mol. The maximum absolute atomic E-state index is 12.5. The molecule has 0 bridgehead atoms. The highest BCUT2D eigenvalue weighted by atomic mass is 19.3. The Morgan fingerprint density at radius 2 is 1.92 bits per heavy atom. The first-order valence-corrected chi connectivity index (χ1v) is 3.13. The Kier molecular flexibility index (Phi) is 2.30. The van der Waals surface area contributed by atoms with Crippen LogP contribution in [0.25, 0.3) is 0 Å². The number of pyridine rings is 1. The molecule has 66 valence electrons. The molecule has 0 unspecified atom stereocenters. The number of aryl methyl sites for hydroxylation is 1. The van der Waals surface area contributed by atoms with Crippen LogP contribution >= 0.6 is 0 Å². The van der Waals surface area contributed by atoms with Crippen LogP contribution in [-0.2, 0) is 0 Å². The van der Waals surface area contributed by atoms with Crippen molar-refractivity contribution < 1.29 is 17.6 Å². The third-order valence-corrected chi connectivity index (χ3v) is 1.27. The van der Waals surface area contributed by atoms with Crippen LogP contribution in [0.3, 0.4) is 0 Å². The molecule has 0 aliphatic rings. The molecule has 0 atom stereocenters. The summed E-state index contributed by atoms with van der Waals surface area (Å²) in [6.07, 6.45) is -3.08. The van der Waals surface area contributed by atoms with Gasteiger partial charge in [-0.25, -0.2) is 22.5 Å². The molecule has 12 heavy (non-hydrogen) atoms. The van der Waals surface area contributed by atoms with E-state index in [1.54, 1.807) is 0 Å². The van der Waals surface area contributed by atoms with Crippen molar-refractivity contribution in [2.75, 3.05) is 0 Å². The Bertz CT molecular complexity index is 298. The fourth-order valence-corrected chi connectivity index (χ4v) is 0.785. The van der Waals surface area contributed by atoms with Crippen LogP contribution in [0.2, 0.25) is 0 Å². The first kappa shape index (κ1) is 8.96. The van der Waals surface area contributed by atoms with E-state index in [0.29, 0.717) is 0 Å². The lowest BCUT2D eigenvalue weighted by molar-refractivity contribution is 0.139. The van der Waals surface area contributed by atoms with Gasteiger partial charge >= 0.3 is 0 Å². The van der Waals surface area contributed by atoms with Gasteiger partial charge in [0.25, 0.3) is 6.43 Å². The van der Waals surface area contributed by atoms with Gasteiger partial charge in [0, 0.05) is 5.69 Å². The minimum absolute atomic E-state index is 0.0317. The number of rotatable bonds is 1. The average molecular weight is 179 g/mol. The number of aromatic nitrogens is 1. The second-order valence-corrected chi connectivity index (χ2v) is 2.25. The summed E-state index contributed by atoms with van der Waals surface area (Å²) in [4.78, 5) is 3.17. The van der Waals surface area contributed by atoms with Crippen LogP contribution in [0.1, 0.15) is 17.8 Å². The molecule has 1 rings (SSSR count). The van der Waals surface area contributed by atoms with E-state index in [9.17, 15) is 17.6 Å². The number of alkyl halides is 2. The van der Waals surface area contributed by atoms with E-state index < -0.39 is 23.8 Å². The van der Waals surface area contributed by atoms with Crippen LogP contribution in [-0.4, -0.2) is 4.98 Å². The Balaban J connectivity index is 3.28. The van der Waals surface area contributed by atoms with Gasteiger partial charge in [0.1, 0.15) is 5.69 Å². The van der Waals surface area contributed by atoms with Crippen LogP contribution in [0.15, 0.2) is 6.07 Å². The van der Waals surface area contributed by atoms with Gasteiger partial charge < -0.3 is 0 Å². The smallest absolute Gasteiger partial charge is 0.249 e. The molecule has 0 aliphatic heterocycles. The predicted octanol–water partition coefficient (Wildman–Crippen LogP) is 2.61. The van der Waals surface area contributed by atoms with Gasteiger partial charge in [-0.2, -0.15) is 0 Å². The molecule has 1 heterocycles. The number of hydrogen-bond donors (Lipinski definition) is 0. The molecule has 0 amide bonds. The fraction of sp³-hybridized carbons (Fsp3) is 0.286. The zero-order valence-corrected chi connectivity index (χ0v) is 6.11. The van der Waals surface area contributed by atoms with Crippen molar-refractivity contribution in [3.8, 4) is 0 Å². The lowest BCUT2D eigenvalue weighted by Gasteiger charge is -2.02. The molecule has 0 aromatic carbocycles. The van der Waals surface area contributed by atoms with E-state index in [0.717, 1.165) is 6.07 Å². The minimum Gasteiger partial charge on any atom is -0.249 e. The van der Waals surface area contributed by atoms with Crippen LogP contribution < -0.4 is 0 Å². The van der Waals surface area contributed by atoms with Crippen molar-refractivity contribution in [2.45, 2.75) is 13.3 Å². The van der Waals surface area contributed by atoms with Crippen molar-refractivity contribution in [3.63, 3.8) is 0 Å². The molecule has 5 heteroatoms. The molecule has 0 N–H and O–H groups in total. The molecule has 1 aromatic heterocycles. The number of nitrogens with zero attached hydrogens (tertiary/aromatic N) is 1. The normalized spacial score (nSPS) is 10.8. The SMILES string of the molecule is Cc1cc(F)c(F)c(C(F)F)n1. The Hall–Kier alpha value is -1.13. The van der Waals surface area contributed by atoms with Gasteiger partial charge in [0.05, 0.1) is 0 Å². The first-order chi connectivity index (χ1) is 5.52. The van der Waals surface area contributed by atoms with E-state index in [1.165, 1.54) is 6.92 Å². The molecule has 0 saturated carbocycles. The largest absolute Gasteiger partial charge is 0.283 e. The highest BCUT2D eigenvalue weighted by Crippen LogP contribution is 2.21. The van der Waals surface area contributed by atoms with Gasteiger partial charge in [-0.05, 0) is 13.0 Å². The monoisotopic (exact) mass is 179 g/mol. The van der Waals surface area contributed by atoms with E-state index in [-0.39, 0.29) is 5.69 Å². The second kappa shape index (κ2) is 3.08. The van der Waals surface area contributed by atoms with Crippen molar-refractivity contribution in [2.24, 2.45) is 0 Å². The van der Waals surface area contributed by atoms with Crippen molar-refractivity contribution in [3.05, 3.63) is 29.1 Å². The van der Waals surface area contributed by atoms with Gasteiger partial charge in [0.15, 0.2) is 11.6 Å². The zero-order valence-electron chi connectivity index (χ0n) is 6.11. The summed E-state index contributed by atoms with van der Waals surface area (Å²) in [7, 11) is 0. The summed E-state index contributed by atoms with van der Waals surface area (Å²) < 4.78 is 48.8. The van der Waals surface area contributed by atoms with Crippen LogP contribution in [0.4, 0.5) is 17.6 Å². The summed E-state index contributed by atoms with van der Waals surface area (Å²) >= 11 is 0. The summed E-state index contributed by atoms with van der Waals surface area (Å²) in [5, 5.41) is 0. The van der Waals surface area contributed by atoms with E-state index in [2.05, 4.69) is 4.98 Å². The summed E-state index contributed by atoms with van der Waals surface area (Å²) in [5.74, 6) is -2.87. The van der Waals surface area contributed by atoms with Gasteiger partial charge in [-0.1, -0.05) is 0 Å². The first-order valence-electron chi connectivity index (χ1n) is 3.13. The molecule has 0 saturated heterocycles. The van der Waals surface area contributed by atoms with E-state index >= 15 is 0 Å². The van der Waals surface area contributed by atoms with Gasteiger partial charge in [0.2, 0.25) is 0 Å². The van der Waals surface area contributed by atoms with Crippen LogP contribution in [0.5, 0.6) is 0 Å². The van der Waals surface area contributed by atoms with Crippen molar-refractivity contribution >= 4 is 0 Å². The fourth-order valence-electron chi connectivity index (χ4n) is 0.785. The molecule has 0 fully saturated rings. The summed E-state index contributed by atoms with van der Waals surface area (Å²) in [5.41, 5.74) is -1.10. The molecule has 1 aromatic rings.